The maximum atomic E-state index is 2.19. The van der Waals surface area contributed by atoms with Crippen molar-refractivity contribution in [1.82, 2.24) is 0 Å². The Hall–Kier alpha value is -0.520. The molecule has 0 aliphatic rings. The molecule has 0 atom stereocenters. The summed E-state index contributed by atoms with van der Waals surface area (Å²) in [5, 5.41) is 0. The molecule has 0 aromatic rings. The first-order valence-corrected chi connectivity index (χ1v) is 4.15. The number of hydrogen-bond donors (Lipinski definition) is 0. The van der Waals surface area contributed by atoms with Crippen LogP contribution in [0.4, 0.5) is 0 Å². The minimum absolute atomic E-state index is 0. The van der Waals surface area contributed by atoms with Gasteiger partial charge in [-0.05, 0) is 19.3 Å². The van der Waals surface area contributed by atoms with E-state index in [0.29, 0.717) is 5.41 Å². The lowest BCUT2D eigenvalue weighted by molar-refractivity contribution is 0.469. The zero-order chi connectivity index (χ0) is 9.33. The first-order valence-electron chi connectivity index (χ1n) is 4.15. The van der Waals surface area contributed by atoms with Crippen LogP contribution in [0.3, 0.4) is 0 Å². The predicted octanol–water partition coefficient (Wildman–Crippen LogP) is 4.83. The molecule has 0 aromatic heterocycles. The van der Waals surface area contributed by atoms with Gasteiger partial charge in [0.25, 0.3) is 0 Å². The predicted molar refractivity (Wildman–Crippen MR) is 61.5 cm³/mol. The zero-order valence-electron chi connectivity index (χ0n) is 8.81. The SMILES string of the molecule is C.C/C=C\C=C/C.CC(C)(C)C. The summed E-state index contributed by atoms with van der Waals surface area (Å²) in [5.41, 5.74) is 0.500. The van der Waals surface area contributed by atoms with E-state index in [1.165, 1.54) is 0 Å². The fourth-order valence-electron chi connectivity index (χ4n) is 0.222. The minimum Gasteiger partial charge on any atom is -0.0877 e. The molecule has 0 spiro atoms. The van der Waals surface area contributed by atoms with Gasteiger partial charge >= 0.3 is 0 Å². The van der Waals surface area contributed by atoms with Crippen LogP contribution in [-0.2, 0) is 0 Å². The Morgan fingerprint density at radius 3 is 1.00 bits per heavy atom. The molecule has 12 heavy (non-hydrogen) atoms. The van der Waals surface area contributed by atoms with Crippen LogP contribution in [0.2, 0.25) is 0 Å². The average Bonchev–Trinajstić information content (AvgIpc) is 1.79. The van der Waals surface area contributed by atoms with E-state index in [4.69, 9.17) is 0 Å². The Bertz CT molecular complexity index is 94.5. The van der Waals surface area contributed by atoms with Crippen molar-refractivity contribution < 1.29 is 0 Å². The fraction of sp³-hybridized carbons (Fsp3) is 0.667. The third-order valence-corrected chi connectivity index (χ3v) is 0.496. The molecule has 0 aliphatic carbocycles. The normalized spacial score (nSPS) is 10.8. The average molecular weight is 170 g/mol. The summed E-state index contributed by atoms with van der Waals surface area (Å²) in [6.07, 6.45) is 8.00. The second-order valence-corrected chi connectivity index (χ2v) is 4.05. The van der Waals surface area contributed by atoms with E-state index in [1.807, 2.05) is 38.2 Å². The van der Waals surface area contributed by atoms with Crippen LogP contribution < -0.4 is 0 Å². The summed E-state index contributed by atoms with van der Waals surface area (Å²) in [4.78, 5) is 0. The van der Waals surface area contributed by atoms with Crippen LogP contribution >= 0.6 is 0 Å². The Balaban J connectivity index is -0.000000126. The van der Waals surface area contributed by atoms with E-state index in [9.17, 15) is 0 Å². The Kier molecular flexibility index (Phi) is 15.3. The van der Waals surface area contributed by atoms with Crippen LogP contribution in [0.1, 0.15) is 49.0 Å². The van der Waals surface area contributed by atoms with Crippen molar-refractivity contribution in [2.75, 3.05) is 0 Å². The lowest BCUT2D eigenvalue weighted by atomic mass is 10.0. The lowest BCUT2D eigenvalue weighted by Crippen LogP contribution is -1.93. The quantitative estimate of drug-likeness (QED) is 0.495. The Morgan fingerprint density at radius 2 is 0.917 bits per heavy atom. The second-order valence-electron chi connectivity index (χ2n) is 4.05. The molecule has 0 heteroatoms. The molecule has 0 fully saturated rings. The topological polar surface area (TPSA) is 0 Å². The number of allylic oxidation sites excluding steroid dienone is 4. The molecular weight excluding hydrogens is 144 g/mol. The van der Waals surface area contributed by atoms with Gasteiger partial charge in [0.1, 0.15) is 0 Å². The maximum absolute atomic E-state index is 2.19. The van der Waals surface area contributed by atoms with Gasteiger partial charge in [0.2, 0.25) is 0 Å². The largest absolute Gasteiger partial charge is 0.0877 e. The highest BCUT2D eigenvalue weighted by Crippen LogP contribution is 2.07. The molecule has 0 aromatic carbocycles. The molecule has 0 heterocycles. The van der Waals surface area contributed by atoms with Gasteiger partial charge in [-0.3, -0.25) is 0 Å². The van der Waals surface area contributed by atoms with Gasteiger partial charge in [0.15, 0.2) is 0 Å². The van der Waals surface area contributed by atoms with Crippen LogP contribution in [0.5, 0.6) is 0 Å². The summed E-state index contributed by atoms with van der Waals surface area (Å²) >= 11 is 0. The van der Waals surface area contributed by atoms with E-state index in [2.05, 4.69) is 27.7 Å². The monoisotopic (exact) mass is 170 g/mol. The Labute approximate surface area is 79.4 Å². The first-order chi connectivity index (χ1) is 4.91. The number of hydrogen-bond acceptors (Lipinski definition) is 0. The van der Waals surface area contributed by atoms with Crippen molar-refractivity contribution in [3.8, 4) is 0 Å². The lowest BCUT2D eigenvalue weighted by Gasteiger charge is -2.05. The molecule has 74 valence electrons. The summed E-state index contributed by atoms with van der Waals surface area (Å²) in [6.45, 7) is 12.8. The van der Waals surface area contributed by atoms with Gasteiger partial charge in [0.05, 0.1) is 0 Å². The van der Waals surface area contributed by atoms with E-state index in [1.54, 1.807) is 0 Å². The fourth-order valence-corrected chi connectivity index (χ4v) is 0.222. The molecule has 0 aliphatic heterocycles. The summed E-state index contributed by atoms with van der Waals surface area (Å²) in [7, 11) is 0. The van der Waals surface area contributed by atoms with Gasteiger partial charge in [0, 0.05) is 0 Å². The molecule has 0 unspecified atom stereocenters. The Morgan fingerprint density at radius 1 is 0.750 bits per heavy atom. The first kappa shape index (κ1) is 17.5. The third-order valence-electron chi connectivity index (χ3n) is 0.496. The van der Waals surface area contributed by atoms with Crippen LogP contribution in [0, 0.1) is 5.41 Å². The van der Waals surface area contributed by atoms with E-state index in [-0.39, 0.29) is 7.43 Å². The van der Waals surface area contributed by atoms with Gasteiger partial charge in [-0.15, -0.1) is 0 Å². The number of rotatable bonds is 1. The maximum Gasteiger partial charge on any atom is -0.0411 e. The highest BCUT2D eigenvalue weighted by molar-refractivity contribution is 4.98. The molecule has 0 saturated carbocycles. The third kappa shape index (κ3) is 111. The highest BCUT2D eigenvalue weighted by Gasteiger charge is 1.95. The molecule has 0 N–H and O–H groups in total. The van der Waals surface area contributed by atoms with Crippen molar-refractivity contribution in [3.05, 3.63) is 24.3 Å². The summed E-state index contributed by atoms with van der Waals surface area (Å²) < 4.78 is 0. The van der Waals surface area contributed by atoms with E-state index in [0.717, 1.165) is 0 Å². The van der Waals surface area contributed by atoms with Crippen LogP contribution in [0.25, 0.3) is 0 Å². The highest BCUT2D eigenvalue weighted by atomic mass is 14.0. The standard InChI is InChI=1S/C6H10.C5H12.CH4/c1-3-5-6-4-2;1-5(2,3)4;/h3-6H,1-2H3;1-4H3;1H4/b5-3-,6-4-;;. The molecule has 0 radical (unpaired) electrons. The molecular formula is C12H26. The van der Waals surface area contributed by atoms with Crippen molar-refractivity contribution in [2.45, 2.75) is 49.0 Å². The summed E-state index contributed by atoms with van der Waals surface area (Å²) in [6, 6.07) is 0. The van der Waals surface area contributed by atoms with Crippen molar-refractivity contribution in [1.29, 1.82) is 0 Å². The van der Waals surface area contributed by atoms with Gasteiger partial charge in [-0.25, -0.2) is 0 Å². The van der Waals surface area contributed by atoms with E-state index < -0.39 is 0 Å². The van der Waals surface area contributed by atoms with Crippen LogP contribution in [-0.4, -0.2) is 0 Å². The van der Waals surface area contributed by atoms with Gasteiger partial charge in [-0.1, -0.05) is 59.4 Å². The van der Waals surface area contributed by atoms with E-state index >= 15 is 0 Å². The molecule has 0 nitrogen and oxygen atoms in total. The smallest absolute Gasteiger partial charge is 0.0411 e. The second kappa shape index (κ2) is 10.5. The zero-order valence-corrected chi connectivity index (χ0v) is 8.81. The van der Waals surface area contributed by atoms with Gasteiger partial charge < -0.3 is 0 Å². The molecule has 0 bridgehead atoms. The van der Waals surface area contributed by atoms with Gasteiger partial charge in [-0.2, -0.15) is 0 Å². The van der Waals surface area contributed by atoms with Crippen molar-refractivity contribution in [3.63, 3.8) is 0 Å². The van der Waals surface area contributed by atoms with Crippen LogP contribution in [0.15, 0.2) is 24.3 Å². The minimum atomic E-state index is 0. The van der Waals surface area contributed by atoms with Crippen molar-refractivity contribution in [2.24, 2.45) is 5.41 Å². The molecule has 0 amide bonds. The summed E-state index contributed by atoms with van der Waals surface area (Å²) in [5.74, 6) is 0. The molecule has 0 rings (SSSR count). The van der Waals surface area contributed by atoms with Crippen molar-refractivity contribution >= 4 is 0 Å². The molecule has 0 saturated heterocycles.